The molecule has 0 N–H and O–H groups in total. The molecule has 0 aliphatic carbocycles. The van der Waals surface area contributed by atoms with Gasteiger partial charge >= 0.3 is 5.97 Å². The van der Waals surface area contributed by atoms with Crippen molar-refractivity contribution in [2.75, 3.05) is 19.8 Å². The summed E-state index contributed by atoms with van der Waals surface area (Å²) in [6, 6.07) is 7.41. The lowest BCUT2D eigenvalue weighted by atomic mass is 10.1. The van der Waals surface area contributed by atoms with Crippen LogP contribution in [0.25, 0.3) is 0 Å². The highest BCUT2D eigenvalue weighted by atomic mass is 16.7. The highest BCUT2D eigenvalue weighted by molar-refractivity contribution is 5.89. The van der Waals surface area contributed by atoms with Gasteiger partial charge in [-0.25, -0.2) is 4.79 Å². The highest BCUT2D eigenvalue weighted by Crippen LogP contribution is 2.22. The summed E-state index contributed by atoms with van der Waals surface area (Å²) in [6.07, 6.45) is -0.280. The molecule has 4 nitrogen and oxygen atoms in total. The molecule has 0 aromatic heterocycles. The number of hydrogen-bond donors (Lipinski definition) is 0. The van der Waals surface area contributed by atoms with Crippen molar-refractivity contribution in [1.29, 1.82) is 0 Å². The molecule has 0 radical (unpaired) electrons. The van der Waals surface area contributed by atoms with Gasteiger partial charge in [-0.1, -0.05) is 18.1 Å². The number of esters is 1. The smallest absolute Gasteiger partial charge is 0.384 e. The first kappa shape index (κ1) is 12.6. The molecule has 1 heterocycles. The van der Waals surface area contributed by atoms with Gasteiger partial charge in [-0.2, -0.15) is 0 Å². The summed E-state index contributed by atoms with van der Waals surface area (Å²) in [5.74, 6) is 4.65. The Bertz CT molecular complexity index is 461. The minimum absolute atomic E-state index is 0.280. The van der Waals surface area contributed by atoms with Crippen molar-refractivity contribution in [3.05, 3.63) is 35.4 Å². The van der Waals surface area contributed by atoms with E-state index in [0.717, 1.165) is 11.1 Å². The standard InChI is InChI=1S/C14H14O4/c1-2-16-13(15)8-5-11-3-6-12(7-4-11)14-17-9-10-18-14/h3-4,6-7,14H,2,9-10H2,1H3. The van der Waals surface area contributed by atoms with Crippen molar-refractivity contribution in [3.8, 4) is 11.8 Å². The average molecular weight is 246 g/mol. The second kappa shape index (κ2) is 6.20. The first-order chi connectivity index (χ1) is 8.79. The number of carbonyl (C=O) groups excluding carboxylic acids is 1. The maximum Gasteiger partial charge on any atom is 0.384 e. The molecule has 0 amide bonds. The summed E-state index contributed by atoms with van der Waals surface area (Å²) >= 11 is 0. The van der Waals surface area contributed by atoms with E-state index in [2.05, 4.69) is 11.8 Å². The molecule has 0 spiro atoms. The SMILES string of the molecule is CCOC(=O)C#Cc1ccc(C2OCCO2)cc1. The molecule has 1 aromatic rings. The normalized spacial score (nSPS) is 14.9. The van der Waals surface area contributed by atoms with E-state index in [1.807, 2.05) is 24.3 Å². The molecule has 0 saturated carbocycles. The summed E-state index contributed by atoms with van der Waals surface area (Å²) in [6.45, 7) is 3.32. The number of ether oxygens (including phenoxy) is 3. The molecule has 0 bridgehead atoms. The zero-order chi connectivity index (χ0) is 12.8. The predicted molar refractivity (Wildman–Crippen MR) is 64.6 cm³/mol. The van der Waals surface area contributed by atoms with Crippen molar-refractivity contribution in [2.45, 2.75) is 13.2 Å². The summed E-state index contributed by atoms with van der Waals surface area (Å²) in [5, 5.41) is 0. The van der Waals surface area contributed by atoms with Gasteiger partial charge in [0.1, 0.15) is 0 Å². The van der Waals surface area contributed by atoms with Gasteiger partial charge in [0.2, 0.25) is 0 Å². The predicted octanol–water partition coefficient (Wildman–Crippen LogP) is 1.65. The summed E-state index contributed by atoms with van der Waals surface area (Å²) in [5.41, 5.74) is 1.71. The largest absolute Gasteiger partial charge is 0.456 e. The second-order valence-electron chi connectivity index (χ2n) is 3.67. The molecule has 4 heteroatoms. The molecule has 1 aromatic carbocycles. The van der Waals surface area contributed by atoms with Crippen LogP contribution in [0, 0.1) is 11.8 Å². The molecule has 1 saturated heterocycles. The van der Waals surface area contributed by atoms with Crippen LogP contribution in [0.4, 0.5) is 0 Å². The zero-order valence-corrected chi connectivity index (χ0v) is 10.1. The Morgan fingerprint density at radius 3 is 2.61 bits per heavy atom. The molecule has 94 valence electrons. The maximum absolute atomic E-state index is 11.1. The fourth-order valence-electron chi connectivity index (χ4n) is 1.56. The van der Waals surface area contributed by atoms with Crippen LogP contribution in [0.1, 0.15) is 24.3 Å². The lowest BCUT2D eigenvalue weighted by molar-refractivity contribution is -0.136. The number of carbonyl (C=O) groups is 1. The first-order valence-corrected chi connectivity index (χ1v) is 5.81. The zero-order valence-electron chi connectivity index (χ0n) is 10.1. The molecule has 0 unspecified atom stereocenters. The lowest BCUT2D eigenvalue weighted by Crippen LogP contribution is -1.99. The third kappa shape index (κ3) is 3.33. The van der Waals surface area contributed by atoms with E-state index in [4.69, 9.17) is 14.2 Å². The highest BCUT2D eigenvalue weighted by Gasteiger charge is 2.17. The van der Waals surface area contributed by atoms with E-state index in [1.165, 1.54) is 0 Å². The lowest BCUT2D eigenvalue weighted by Gasteiger charge is -2.08. The molecular weight excluding hydrogens is 232 g/mol. The maximum atomic E-state index is 11.1. The monoisotopic (exact) mass is 246 g/mol. The fraction of sp³-hybridized carbons (Fsp3) is 0.357. The Hall–Kier alpha value is -1.83. The van der Waals surface area contributed by atoms with Crippen molar-refractivity contribution in [2.24, 2.45) is 0 Å². The molecule has 0 atom stereocenters. The number of rotatable bonds is 2. The fourth-order valence-corrected chi connectivity index (χ4v) is 1.56. The third-order valence-electron chi connectivity index (χ3n) is 2.39. The Morgan fingerprint density at radius 1 is 1.33 bits per heavy atom. The molecular formula is C14H14O4. The van der Waals surface area contributed by atoms with Gasteiger partial charge < -0.3 is 14.2 Å². The Kier molecular flexibility index (Phi) is 4.35. The number of hydrogen-bond acceptors (Lipinski definition) is 4. The van der Waals surface area contributed by atoms with Crippen molar-refractivity contribution in [1.82, 2.24) is 0 Å². The minimum atomic E-state index is -0.510. The van der Waals surface area contributed by atoms with Gasteiger partial charge in [0, 0.05) is 17.0 Å². The Labute approximate surface area is 106 Å². The van der Waals surface area contributed by atoms with Crippen LogP contribution in [-0.4, -0.2) is 25.8 Å². The van der Waals surface area contributed by atoms with Gasteiger partial charge in [-0.05, 0) is 19.1 Å². The molecule has 1 aliphatic rings. The summed E-state index contributed by atoms with van der Waals surface area (Å²) in [7, 11) is 0. The van der Waals surface area contributed by atoms with E-state index >= 15 is 0 Å². The quantitative estimate of drug-likeness (QED) is 0.588. The van der Waals surface area contributed by atoms with E-state index in [1.54, 1.807) is 6.92 Å². The van der Waals surface area contributed by atoms with Crippen LogP contribution in [-0.2, 0) is 19.0 Å². The van der Waals surface area contributed by atoms with Gasteiger partial charge in [-0.3, -0.25) is 0 Å². The van der Waals surface area contributed by atoms with E-state index in [-0.39, 0.29) is 6.29 Å². The van der Waals surface area contributed by atoms with E-state index < -0.39 is 5.97 Å². The van der Waals surface area contributed by atoms with Gasteiger partial charge in [0.05, 0.1) is 19.8 Å². The van der Waals surface area contributed by atoms with Crippen LogP contribution in [0.3, 0.4) is 0 Å². The summed E-state index contributed by atoms with van der Waals surface area (Å²) < 4.78 is 15.5. The second-order valence-corrected chi connectivity index (χ2v) is 3.67. The Balaban J connectivity index is 2.01. The van der Waals surface area contributed by atoms with Crippen LogP contribution >= 0.6 is 0 Å². The molecule has 2 rings (SSSR count). The van der Waals surface area contributed by atoms with E-state index in [9.17, 15) is 4.79 Å². The van der Waals surface area contributed by atoms with Crippen molar-refractivity contribution in [3.63, 3.8) is 0 Å². The van der Waals surface area contributed by atoms with Gasteiger partial charge in [0.25, 0.3) is 0 Å². The van der Waals surface area contributed by atoms with Gasteiger partial charge in [0.15, 0.2) is 6.29 Å². The van der Waals surface area contributed by atoms with Gasteiger partial charge in [-0.15, -0.1) is 0 Å². The first-order valence-electron chi connectivity index (χ1n) is 5.81. The molecule has 18 heavy (non-hydrogen) atoms. The molecule has 1 fully saturated rings. The topological polar surface area (TPSA) is 44.8 Å². The third-order valence-corrected chi connectivity index (χ3v) is 2.39. The summed E-state index contributed by atoms with van der Waals surface area (Å²) in [4.78, 5) is 11.1. The van der Waals surface area contributed by atoms with Crippen molar-refractivity contribution < 1.29 is 19.0 Å². The number of benzene rings is 1. The average Bonchev–Trinajstić information content (AvgIpc) is 2.91. The van der Waals surface area contributed by atoms with E-state index in [0.29, 0.717) is 19.8 Å². The Morgan fingerprint density at radius 2 is 2.00 bits per heavy atom. The van der Waals surface area contributed by atoms with Crippen molar-refractivity contribution >= 4 is 5.97 Å². The van der Waals surface area contributed by atoms with Crippen LogP contribution in [0.2, 0.25) is 0 Å². The van der Waals surface area contributed by atoms with Crippen LogP contribution in [0.5, 0.6) is 0 Å². The molecule has 1 aliphatic heterocycles. The van der Waals surface area contributed by atoms with Crippen LogP contribution in [0.15, 0.2) is 24.3 Å². The minimum Gasteiger partial charge on any atom is -0.456 e. The van der Waals surface area contributed by atoms with Crippen LogP contribution < -0.4 is 0 Å².